The van der Waals surface area contributed by atoms with E-state index in [0.29, 0.717) is 6.42 Å². The molecule has 0 atom stereocenters. The summed E-state index contributed by atoms with van der Waals surface area (Å²) in [5.41, 5.74) is 8.10. The van der Waals surface area contributed by atoms with Crippen LogP contribution in [0.3, 0.4) is 0 Å². The molecular weight excluding hydrogens is 285 g/mol. The van der Waals surface area contributed by atoms with Crippen LogP contribution < -0.4 is 4.57 Å². The number of benzene rings is 2. The lowest BCUT2D eigenvalue weighted by Gasteiger charge is -2.11. The predicted molar refractivity (Wildman–Crippen MR) is 94.1 cm³/mol. The zero-order valence-corrected chi connectivity index (χ0v) is 14.5. The van der Waals surface area contributed by atoms with Crippen molar-refractivity contribution in [2.75, 3.05) is 0 Å². The van der Waals surface area contributed by atoms with Crippen LogP contribution in [0.15, 0.2) is 36.4 Å². The van der Waals surface area contributed by atoms with Gasteiger partial charge in [0.05, 0.1) is 0 Å². The van der Waals surface area contributed by atoms with Gasteiger partial charge >= 0.3 is 0 Å². The molecule has 3 aromatic rings. The van der Waals surface area contributed by atoms with E-state index < -0.39 is 0 Å². The molecule has 0 aliphatic rings. The largest absolute Gasteiger partial charge is 0.213 e. The molecular formula is C21H23FN+. The number of hydrogen-bond donors (Lipinski definition) is 0. The first-order chi connectivity index (χ1) is 10.9. The smallest absolute Gasteiger partial charge is 0.207 e. The van der Waals surface area contributed by atoms with E-state index in [0.717, 1.165) is 22.2 Å². The van der Waals surface area contributed by atoms with Gasteiger partial charge in [-0.3, -0.25) is 0 Å². The topological polar surface area (TPSA) is 3.88 Å². The van der Waals surface area contributed by atoms with E-state index in [9.17, 15) is 4.39 Å². The number of aryl methyl sites for hydroxylation is 4. The lowest BCUT2D eigenvalue weighted by molar-refractivity contribution is -0.633. The van der Waals surface area contributed by atoms with E-state index >= 15 is 0 Å². The highest BCUT2D eigenvalue weighted by Gasteiger charge is 2.18. The third kappa shape index (κ3) is 2.63. The highest BCUT2D eigenvalue weighted by molar-refractivity contribution is 5.79. The Bertz CT molecular complexity index is 910. The van der Waals surface area contributed by atoms with Crippen molar-refractivity contribution < 1.29 is 8.96 Å². The maximum Gasteiger partial charge on any atom is 0.213 e. The van der Waals surface area contributed by atoms with Crippen LogP contribution in [0, 0.1) is 26.6 Å². The Balaban J connectivity index is 2.32. The zero-order chi connectivity index (χ0) is 16.7. The zero-order valence-electron chi connectivity index (χ0n) is 14.5. The van der Waals surface area contributed by atoms with Crippen LogP contribution in [0.5, 0.6) is 0 Å². The second-order valence-corrected chi connectivity index (χ2v) is 6.39. The molecule has 0 spiro atoms. The van der Waals surface area contributed by atoms with Crippen LogP contribution in [-0.2, 0) is 13.5 Å². The van der Waals surface area contributed by atoms with Crippen LogP contribution in [0.25, 0.3) is 22.2 Å². The number of hydrogen-bond acceptors (Lipinski definition) is 0. The summed E-state index contributed by atoms with van der Waals surface area (Å²) >= 11 is 0. The molecule has 0 radical (unpaired) electrons. The molecule has 0 amide bonds. The molecule has 0 saturated carbocycles. The van der Waals surface area contributed by atoms with Gasteiger partial charge in [-0.05, 0) is 62.1 Å². The first-order valence-corrected chi connectivity index (χ1v) is 8.11. The van der Waals surface area contributed by atoms with Crippen molar-refractivity contribution in [1.29, 1.82) is 0 Å². The van der Waals surface area contributed by atoms with Crippen molar-refractivity contribution in [2.24, 2.45) is 7.05 Å². The third-order valence-electron chi connectivity index (χ3n) is 4.81. The minimum atomic E-state index is -0.115. The van der Waals surface area contributed by atoms with Crippen molar-refractivity contribution in [1.82, 2.24) is 0 Å². The fourth-order valence-corrected chi connectivity index (χ4v) is 3.30. The predicted octanol–water partition coefficient (Wildman–Crippen LogP) is 4.96. The molecule has 2 aromatic carbocycles. The van der Waals surface area contributed by atoms with Gasteiger partial charge in [-0.1, -0.05) is 18.6 Å². The molecule has 2 heteroatoms. The van der Waals surface area contributed by atoms with Crippen LogP contribution >= 0.6 is 0 Å². The second kappa shape index (κ2) is 5.77. The molecule has 23 heavy (non-hydrogen) atoms. The average Bonchev–Trinajstić information content (AvgIpc) is 2.51. The highest BCUT2D eigenvalue weighted by Crippen LogP contribution is 2.27. The molecule has 118 valence electrons. The number of rotatable bonds is 2. The Hall–Kier alpha value is -2.22. The number of halogens is 1. The molecule has 0 aliphatic heterocycles. The monoisotopic (exact) mass is 308 g/mol. The molecule has 1 heterocycles. The SMILES string of the molecule is CCc1cc2c(ccc(-c3cc(C)cc(C)c3C)[n+]2C)cc1F. The van der Waals surface area contributed by atoms with Crippen LogP contribution in [-0.4, -0.2) is 0 Å². The van der Waals surface area contributed by atoms with Gasteiger partial charge < -0.3 is 0 Å². The Morgan fingerprint density at radius 1 is 1.00 bits per heavy atom. The molecule has 1 aromatic heterocycles. The van der Waals surface area contributed by atoms with Gasteiger partial charge in [-0.2, -0.15) is 4.57 Å². The van der Waals surface area contributed by atoms with Gasteiger partial charge in [0.2, 0.25) is 11.2 Å². The highest BCUT2D eigenvalue weighted by atomic mass is 19.1. The number of aromatic nitrogens is 1. The van der Waals surface area contributed by atoms with Crippen molar-refractivity contribution in [2.45, 2.75) is 34.1 Å². The molecule has 0 saturated heterocycles. The summed E-state index contributed by atoms with van der Waals surface area (Å²) in [5.74, 6) is -0.115. The Kier molecular flexibility index (Phi) is 3.93. The summed E-state index contributed by atoms with van der Waals surface area (Å²) in [6, 6.07) is 12.2. The summed E-state index contributed by atoms with van der Waals surface area (Å²) in [4.78, 5) is 0. The second-order valence-electron chi connectivity index (χ2n) is 6.39. The normalized spacial score (nSPS) is 11.2. The van der Waals surface area contributed by atoms with E-state index in [1.54, 1.807) is 6.07 Å². The maximum atomic E-state index is 14.0. The lowest BCUT2D eigenvalue weighted by Crippen LogP contribution is -2.32. The van der Waals surface area contributed by atoms with Gasteiger partial charge in [0.25, 0.3) is 0 Å². The van der Waals surface area contributed by atoms with Crippen LogP contribution in [0.2, 0.25) is 0 Å². The van der Waals surface area contributed by atoms with Crippen molar-refractivity contribution in [3.63, 3.8) is 0 Å². The first kappa shape index (κ1) is 15.7. The first-order valence-electron chi connectivity index (χ1n) is 8.11. The standard InChI is InChI=1S/C21H23FN/c1-6-16-12-21-17(11-19(16)22)7-8-20(23(21)5)18-10-13(2)9-14(3)15(18)4/h7-12H,6H2,1-5H3/q+1. The maximum absolute atomic E-state index is 14.0. The minimum Gasteiger partial charge on any atom is -0.207 e. The Morgan fingerprint density at radius 2 is 1.74 bits per heavy atom. The molecule has 0 fully saturated rings. The molecule has 0 aliphatic carbocycles. The van der Waals surface area contributed by atoms with E-state index in [4.69, 9.17) is 0 Å². The lowest BCUT2D eigenvalue weighted by atomic mass is 9.96. The van der Waals surface area contributed by atoms with Gasteiger partial charge in [0.1, 0.15) is 12.9 Å². The molecule has 0 bridgehead atoms. The van der Waals surface area contributed by atoms with Crippen LogP contribution in [0.4, 0.5) is 4.39 Å². The summed E-state index contributed by atoms with van der Waals surface area (Å²) in [6.45, 7) is 8.43. The van der Waals surface area contributed by atoms with E-state index in [1.807, 2.05) is 19.1 Å². The quantitative estimate of drug-likeness (QED) is 0.589. The third-order valence-corrected chi connectivity index (χ3v) is 4.81. The Labute approximate surface area is 137 Å². The minimum absolute atomic E-state index is 0.115. The summed E-state index contributed by atoms with van der Waals surface area (Å²) in [7, 11) is 2.06. The van der Waals surface area contributed by atoms with Crippen molar-refractivity contribution in [3.8, 4) is 11.3 Å². The van der Waals surface area contributed by atoms with Crippen LogP contribution in [0.1, 0.15) is 29.2 Å². The number of nitrogens with zero attached hydrogens (tertiary/aromatic N) is 1. The van der Waals surface area contributed by atoms with E-state index in [1.165, 1.54) is 22.3 Å². The number of pyridine rings is 1. The molecule has 1 nitrogen and oxygen atoms in total. The summed E-state index contributed by atoms with van der Waals surface area (Å²) in [6.07, 6.45) is 0.703. The van der Waals surface area contributed by atoms with Gasteiger partial charge in [0, 0.05) is 23.1 Å². The van der Waals surface area contributed by atoms with Gasteiger partial charge in [0.15, 0.2) is 0 Å². The fraction of sp³-hybridized carbons (Fsp3) is 0.286. The molecule has 3 rings (SSSR count). The summed E-state index contributed by atoms with van der Waals surface area (Å²) < 4.78 is 16.2. The fourth-order valence-electron chi connectivity index (χ4n) is 3.30. The number of fused-ring (bicyclic) bond motifs is 1. The Morgan fingerprint density at radius 3 is 2.43 bits per heavy atom. The summed E-state index contributed by atoms with van der Waals surface area (Å²) in [5, 5.41) is 0.938. The van der Waals surface area contributed by atoms with Gasteiger partial charge in [-0.15, -0.1) is 0 Å². The molecule has 0 unspecified atom stereocenters. The van der Waals surface area contributed by atoms with Crippen molar-refractivity contribution in [3.05, 3.63) is 64.5 Å². The average molecular weight is 308 g/mol. The van der Waals surface area contributed by atoms with Crippen molar-refractivity contribution >= 4 is 10.9 Å². The van der Waals surface area contributed by atoms with Gasteiger partial charge in [-0.25, -0.2) is 4.39 Å². The van der Waals surface area contributed by atoms with E-state index in [-0.39, 0.29) is 5.82 Å². The van der Waals surface area contributed by atoms with E-state index in [2.05, 4.69) is 50.6 Å². The molecule has 0 N–H and O–H groups in total.